The maximum Gasteiger partial charge on any atom is 0.0724 e. The summed E-state index contributed by atoms with van der Waals surface area (Å²) in [5.41, 5.74) is 3.44. The van der Waals surface area contributed by atoms with E-state index in [1.807, 2.05) is 26.4 Å². The van der Waals surface area contributed by atoms with Gasteiger partial charge >= 0.3 is 0 Å². The summed E-state index contributed by atoms with van der Waals surface area (Å²) >= 11 is 0. The van der Waals surface area contributed by atoms with E-state index in [-0.39, 0.29) is 0 Å². The molecule has 84 valence electrons. The highest BCUT2D eigenvalue weighted by Crippen LogP contribution is 2.27. The van der Waals surface area contributed by atoms with Crippen LogP contribution >= 0.6 is 0 Å². The highest BCUT2D eigenvalue weighted by atomic mass is 15.1. The minimum Gasteiger partial charge on any atom is -0.378 e. The third-order valence-corrected chi connectivity index (χ3v) is 2.70. The molecular weight excluding hydrogens is 198 g/mol. The fraction of sp³-hybridized carbons (Fsp3) is 0.308. The second kappa shape index (κ2) is 4.00. The van der Waals surface area contributed by atoms with Gasteiger partial charge < -0.3 is 9.80 Å². The molecule has 3 heteroatoms. The van der Waals surface area contributed by atoms with Crippen molar-refractivity contribution in [3.63, 3.8) is 0 Å². The van der Waals surface area contributed by atoms with Crippen LogP contribution in [0.2, 0.25) is 0 Å². The Labute approximate surface area is 96.3 Å². The minimum absolute atomic E-state index is 1.04. The second-order valence-corrected chi connectivity index (χ2v) is 4.32. The van der Waals surface area contributed by atoms with Crippen molar-refractivity contribution in [2.45, 2.75) is 0 Å². The maximum atomic E-state index is 4.38. The van der Waals surface area contributed by atoms with Crippen molar-refractivity contribution in [1.29, 1.82) is 0 Å². The molecule has 0 fully saturated rings. The molecule has 0 bridgehead atoms. The Hall–Kier alpha value is -1.77. The summed E-state index contributed by atoms with van der Waals surface area (Å²) in [5.74, 6) is 0. The van der Waals surface area contributed by atoms with Crippen LogP contribution in [0.5, 0.6) is 0 Å². The van der Waals surface area contributed by atoms with Crippen LogP contribution in [-0.2, 0) is 0 Å². The molecule has 0 aliphatic rings. The fourth-order valence-electron chi connectivity index (χ4n) is 1.79. The first-order valence-corrected chi connectivity index (χ1v) is 5.33. The van der Waals surface area contributed by atoms with E-state index in [0.29, 0.717) is 0 Å². The van der Waals surface area contributed by atoms with Crippen LogP contribution in [0.25, 0.3) is 10.9 Å². The molecule has 1 heterocycles. The van der Waals surface area contributed by atoms with Crippen molar-refractivity contribution in [3.05, 3.63) is 30.5 Å². The summed E-state index contributed by atoms with van der Waals surface area (Å²) in [6.07, 6.45) is 1.85. The first-order chi connectivity index (χ1) is 7.59. The summed E-state index contributed by atoms with van der Waals surface area (Å²) < 4.78 is 0. The molecule has 1 aromatic heterocycles. The van der Waals surface area contributed by atoms with Crippen LogP contribution < -0.4 is 9.80 Å². The lowest BCUT2D eigenvalue weighted by Gasteiger charge is -2.17. The quantitative estimate of drug-likeness (QED) is 0.766. The van der Waals surface area contributed by atoms with Crippen molar-refractivity contribution >= 4 is 22.3 Å². The standard InChI is InChI=1S/C13H17N3/c1-15(2)10-5-6-12-11(9-10)13(16(3)4)7-8-14-12/h5-9H,1-4H3. The predicted molar refractivity (Wildman–Crippen MR) is 70.4 cm³/mol. The summed E-state index contributed by atoms with van der Waals surface area (Å²) in [7, 11) is 8.20. The van der Waals surface area contributed by atoms with Crippen molar-refractivity contribution in [2.75, 3.05) is 38.0 Å². The minimum atomic E-state index is 1.04. The van der Waals surface area contributed by atoms with Gasteiger partial charge in [-0.2, -0.15) is 0 Å². The Kier molecular flexibility index (Phi) is 2.69. The molecule has 16 heavy (non-hydrogen) atoms. The largest absolute Gasteiger partial charge is 0.378 e. The summed E-state index contributed by atoms with van der Waals surface area (Å²) in [5, 5.41) is 1.19. The molecule has 0 aliphatic carbocycles. The number of nitrogens with zero attached hydrogens (tertiary/aromatic N) is 3. The van der Waals surface area contributed by atoms with Crippen LogP contribution in [0.3, 0.4) is 0 Å². The number of fused-ring (bicyclic) bond motifs is 1. The van der Waals surface area contributed by atoms with E-state index in [1.165, 1.54) is 16.8 Å². The maximum absolute atomic E-state index is 4.38. The summed E-state index contributed by atoms with van der Waals surface area (Å²) in [6.45, 7) is 0. The van der Waals surface area contributed by atoms with Gasteiger partial charge in [0.1, 0.15) is 0 Å². The third kappa shape index (κ3) is 1.81. The molecule has 0 aliphatic heterocycles. The van der Waals surface area contributed by atoms with Crippen LogP contribution in [0.15, 0.2) is 30.5 Å². The molecule has 2 rings (SSSR count). The van der Waals surface area contributed by atoms with Crippen molar-refractivity contribution in [1.82, 2.24) is 4.98 Å². The Morgan fingerprint density at radius 2 is 1.69 bits per heavy atom. The van der Waals surface area contributed by atoms with Gasteiger partial charge in [-0.3, -0.25) is 4.98 Å². The fourth-order valence-corrected chi connectivity index (χ4v) is 1.79. The molecule has 0 spiro atoms. The summed E-state index contributed by atoms with van der Waals surface area (Å²) in [4.78, 5) is 8.60. The average Bonchev–Trinajstić information content (AvgIpc) is 2.27. The van der Waals surface area contributed by atoms with E-state index in [0.717, 1.165) is 5.52 Å². The van der Waals surface area contributed by atoms with Crippen LogP contribution in [0.1, 0.15) is 0 Å². The Morgan fingerprint density at radius 1 is 0.938 bits per heavy atom. The van der Waals surface area contributed by atoms with Gasteiger partial charge in [0.25, 0.3) is 0 Å². The first-order valence-electron chi connectivity index (χ1n) is 5.33. The SMILES string of the molecule is CN(C)c1ccc2nccc(N(C)C)c2c1. The molecule has 0 N–H and O–H groups in total. The Morgan fingerprint density at radius 3 is 2.31 bits per heavy atom. The number of rotatable bonds is 2. The molecule has 0 amide bonds. The average molecular weight is 215 g/mol. The topological polar surface area (TPSA) is 19.4 Å². The lowest BCUT2D eigenvalue weighted by Crippen LogP contribution is -2.11. The molecule has 0 radical (unpaired) electrons. The number of hydrogen-bond donors (Lipinski definition) is 0. The zero-order valence-corrected chi connectivity index (χ0v) is 10.2. The number of hydrogen-bond acceptors (Lipinski definition) is 3. The molecule has 0 unspecified atom stereocenters. The molecule has 0 atom stereocenters. The molecule has 0 saturated carbocycles. The normalized spacial score (nSPS) is 10.5. The van der Waals surface area contributed by atoms with E-state index in [2.05, 4.69) is 47.1 Å². The molecule has 0 saturated heterocycles. The van der Waals surface area contributed by atoms with Crippen LogP contribution in [-0.4, -0.2) is 33.2 Å². The Bertz CT molecular complexity index is 504. The zero-order chi connectivity index (χ0) is 11.7. The van der Waals surface area contributed by atoms with Crippen LogP contribution in [0, 0.1) is 0 Å². The smallest absolute Gasteiger partial charge is 0.0724 e. The second-order valence-electron chi connectivity index (χ2n) is 4.32. The molecule has 3 nitrogen and oxygen atoms in total. The number of pyridine rings is 1. The lowest BCUT2D eigenvalue weighted by atomic mass is 10.1. The third-order valence-electron chi connectivity index (χ3n) is 2.70. The van der Waals surface area contributed by atoms with E-state index < -0.39 is 0 Å². The lowest BCUT2D eigenvalue weighted by molar-refractivity contribution is 1.12. The van der Waals surface area contributed by atoms with Gasteiger partial charge in [0.05, 0.1) is 5.52 Å². The van der Waals surface area contributed by atoms with Gasteiger partial charge in [-0.15, -0.1) is 0 Å². The Balaban J connectivity index is 2.68. The van der Waals surface area contributed by atoms with E-state index in [1.54, 1.807) is 0 Å². The first kappa shape index (κ1) is 10.7. The molecule has 1 aromatic carbocycles. The van der Waals surface area contributed by atoms with E-state index in [9.17, 15) is 0 Å². The monoisotopic (exact) mass is 215 g/mol. The summed E-state index contributed by atoms with van der Waals surface area (Å²) in [6, 6.07) is 8.38. The van der Waals surface area contributed by atoms with Gasteiger partial charge in [-0.1, -0.05) is 0 Å². The van der Waals surface area contributed by atoms with Gasteiger partial charge in [0, 0.05) is 51.1 Å². The molecular formula is C13H17N3. The molecule has 2 aromatic rings. The van der Waals surface area contributed by atoms with Gasteiger partial charge in [0.15, 0.2) is 0 Å². The van der Waals surface area contributed by atoms with E-state index >= 15 is 0 Å². The van der Waals surface area contributed by atoms with Crippen molar-refractivity contribution < 1.29 is 0 Å². The van der Waals surface area contributed by atoms with E-state index in [4.69, 9.17) is 0 Å². The van der Waals surface area contributed by atoms with Gasteiger partial charge in [0.2, 0.25) is 0 Å². The van der Waals surface area contributed by atoms with Gasteiger partial charge in [-0.25, -0.2) is 0 Å². The van der Waals surface area contributed by atoms with Crippen LogP contribution in [0.4, 0.5) is 11.4 Å². The number of aromatic nitrogens is 1. The van der Waals surface area contributed by atoms with Crippen molar-refractivity contribution in [3.8, 4) is 0 Å². The number of benzene rings is 1. The predicted octanol–water partition coefficient (Wildman–Crippen LogP) is 2.37. The highest BCUT2D eigenvalue weighted by Gasteiger charge is 2.05. The van der Waals surface area contributed by atoms with Crippen molar-refractivity contribution in [2.24, 2.45) is 0 Å². The number of anilines is 2. The van der Waals surface area contributed by atoms with Gasteiger partial charge in [-0.05, 0) is 24.3 Å². The highest BCUT2D eigenvalue weighted by molar-refractivity contribution is 5.93. The zero-order valence-electron chi connectivity index (χ0n) is 10.2.